The monoisotopic (exact) mass is 418 g/mol. The van der Waals surface area contributed by atoms with Gasteiger partial charge in [0.2, 0.25) is 0 Å². The number of carbonyl (C=O) groups excluding carboxylic acids is 2. The van der Waals surface area contributed by atoms with Crippen molar-refractivity contribution in [3.05, 3.63) is 75.7 Å². The van der Waals surface area contributed by atoms with Crippen LogP contribution in [0.5, 0.6) is 0 Å². The maximum atomic E-state index is 12.1. The first-order valence-corrected chi connectivity index (χ1v) is 10.2. The molecule has 0 saturated carbocycles. The molecule has 0 aliphatic heterocycles. The smallest absolute Gasteiger partial charge is 0.338 e. The number of hydrogen-bond acceptors (Lipinski definition) is 6. The van der Waals surface area contributed by atoms with Crippen LogP contribution >= 0.6 is 34.7 Å². The van der Waals surface area contributed by atoms with Crippen LogP contribution in [0.1, 0.15) is 16.1 Å². The van der Waals surface area contributed by atoms with E-state index in [1.165, 1.54) is 0 Å². The maximum absolute atomic E-state index is 12.1. The molecule has 0 fully saturated rings. The first-order chi connectivity index (χ1) is 13.1. The fraction of sp³-hybridized carbons (Fsp3) is 0.105. The minimum Gasteiger partial charge on any atom is -0.452 e. The van der Waals surface area contributed by atoms with Crippen molar-refractivity contribution in [3.8, 4) is 0 Å². The number of aromatic nitrogens is 1. The molecule has 27 heavy (non-hydrogen) atoms. The van der Waals surface area contributed by atoms with Crippen LogP contribution < -0.4 is 5.32 Å². The van der Waals surface area contributed by atoms with Crippen molar-refractivity contribution in [2.24, 2.45) is 0 Å². The number of halogens is 1. The van der Waals surface area contributed by atoms with Crippen molar-refractivity contribution in [2.45, 2.75) is 10.6 Å². The summed E-state index contributed by atoms with van der Waals surface area (Å²) in [4.78, 5) is 29.2. The van der Waals surface area contributed by atoms with Crippen molar-refractivity contribution in [1.82, 2.24) is 4.98 Å². The quantitative estimate of drug-likeness (QED) is 0.437. The molecule has 0 atom stereocenters. The predicted octanol–water partition coefficient (Wildman–Crippen LogP) is 4.88. The maximum Gasteiger partial charge on any atom is 0.338 e. The molecule has 1 N–H and O–H groups in total. The molecule has 3 aromatic rings. The summed E-state index contributed by atoms with van der Waals surface area (Å²) in [7, 11) is 0. The van der Waals surface area contributed by atoms with Crippen LogP contribution in [0.2, 0.25) is 5.02 Å². The van der Waals surface area contributed by atoms with E-state index in [2.05, 4.69) is 10.3 Å². The Labute approximate surface area is 169 Å². The van der Waals surface area contributed by atoms with Gasteiger partial charge < -0.3 is 10.1 Å². The molecule has 5 nitrogen and oxygen atoms in total. The van der Waals surface area contributed by atoms with Gasteiger partial charge in [-0.15, -0.1) is 23.1 Å². The van der Waals surface area contributed by atoms with Crippen LogP contribution in [0.4, 0.5) is 5.69 Å². The summed E-state index contributed by atoms with van der Waals surface area (Å²) >= 11 is 8.99. The highest BCUT2D eigenvalue weighted by Gasteiger charge is 2.11. The van der Waals surface area contributed by atoms with Gasteiger partial charge in [0, 0.05) is 26.7 Å². The normalized spacial score (nSPS) is 10.4. The van der Waals surface area contributed by atoms with E-state index < -0.39 is 11.9 Å². The Morgan fingerprint density at radius 3 is 2.52 bits per heavy atom. The molecular weight excluding hydrogens is 404 g/mol. The molecule has 138 valence electrons. The number of hydrogen-bond donors (Lipinski definition) is 1. The van der Waals surface area contributed by atoms with Crippen LogP contribution in [0.15, 0.2) is 64.3 Å². The third-order valence-corrected chi connectivity index (χ3v) is 5.36. The zero-order valence-electron chi connectivity index (χ0n) is 14.1. The molecule has 1 heterocycles. The molecule has 2 aromatic carbocycles. The minimum absolute atomic E-state index is 0.359. The molecule has 0 aliphatic carbocycles. The van der Waals surface area contributed by atoms with Crippen molar-refractivity contribution >= 4 is 52.3 Å². The average molecular weight is 419 g/mol. The third-order valence-electron chi connectivity index (χ3n) is 3.42. The Morgan fingerprint density at radius 1 is 1.11 bits per heavy atom. The van der Waals surface area contributed by atoms with E-state index in [1.807, 2.05) is 17.5 Å². The molecule has 0 aliphatic rings. The number of nitrogens with zero attached hydrogens (tertiary/aromatic N) is 1. The topological polar surface area (TPSA) is 68.3 Å². The second kappa shape index (κ2) is 9.55. The lowest BCUT2D eigenvalue weighted by molar-refractivity contribution is -0.119. The first-order valence-electron chi connectivity index (χ1n) is 7.92. The van der Waals surface area contributed by atoms with Gasteiger partial charge in [-0.1, -0.05) is 11.6 Å². The van der Waals surface area contributed by atoms with Gasteiger partial charge in [-0.2, -0.15) is 0 Å². The van der Waals surface area contributed by atoms with Gasteiger partial charge in [-0.05, 0) is 48.5 Å². The number of amides is 1. The van der Waals surface area contributed by atoms with Crippen LogP contribution in [0.25, 0.3) is 0 Å². The summed E-state index contributed by atoms with van der Waals surface area (Å²) in [5.41, 5.74) is 3.81. The molecule has 0 radical (unpaired) electrons. The summed E-state index contributed by atoms with van der Waals surface area (Å²) in [6.45, 7) is -0.359. The number of rotatable bonds is 7. The highest BCUT2D eigenvalue weighted by Crippen LogP contribution is 2.23. The fourth-order valence-corrected chi connectivity index (χ4v) is 3.69. The highest BCUT2D eigenvalue weighted by molar-refractivity contribution is 7.98. The zero-order chi connectivity index (χ0) is 19.1. The Balaban J connectivity index is 1.45. The summed E-state index contributed by atoms with van der Waals surface area (Å²) in [6, 6.07) is 13.7. The van der Waals surface area contributed by atoms with Gasteiger partial charge >= 0.3 is 5.97 Å². The number of thioether (sulfide) groups is 1. The van der Waals surface area contributed by atoms with Gasteiger partial charge in [0.05, 0.1) is 16.8 Å². The lowest BCUT2D eigenvalue weighted by Crippen LogP contribution is -2.20. The number of anilines is 1. The van der Waals surface area contributed by atoms with E-state index >= 15 is 0 Å². The number of carbonyl (C=O) groups is 2. The summed E-state index contributed by atoms with van der Waals surface area (Å²) < 4.78 is 5.05. The number of benzene rings is 2. The summed E-state index contributed by atoms with van der Waals surface area (Å²) in [5.74, 6) is -0.184. The van der Waals surface area contributed by atoms with E-state index in [9.17, 15) is 9.59 Å². The standard InChI is InChI=1S/C19H15ClN2O3S2/c20-14-3-5-15(6-4-14)22-18(23)9-25-19(24)13-1-7-17(8-2-13)27-11-16-10-26-12-21-16/h1-8,10,12H,9,11H2,(H,22,23). The molecule has 0 bridgehead atoms. The molecule has 0 unspecified atom stereocenters. The molecular formula is C19H15ClN2O3S2. The average Bonchev–Trinajstić information content (AvgIpc) is 3.20. The SMILES string of the molecule is O=C(COC(=O)c1ccc(SCc2cscn2)cc1)Nc1ccc(Cl)cc1. The predicted molar refractivity (Wildman–Crippen MR) is 108 cm³/mol. The van der Waals surface area contributed by atoms with Gasteiger partial charge in [0.25, 0.3) is 5.91 Å². The Hall–Kier alpha value is -2.35. The van der Waals surface area contributed by atoms with Crippen molar-refractivity contribution in [2.75, 3.05) is 11.9 Å². The molecule has 1 aromatic heterocycles. The van der Waals surface area contributed by atoms with Crippen LogP contribution in [-0.4, -0.2) is 23.5 Å². The largest absolute Gasteiger partial charge is 0.452 e. The van der Waals surface area contributed by atoms with Gasteiger partial charge in [0.1, 0.15) is 0 Å². The summed E-state index contributed by atoms with van der Waals surface area (Å²) in [6.07, 6.45) is 0. The first kappa shape index (κ1) is 19.4. The lowest BCUT2D eigenvalue weighted by atomic mass is 10.2. The van der Waals surface area contributed by atoms with Crippen molar-refractivity contribution in [1.29, 1.82) is 0 Å². The fourth-order valence-electron chi connectivity index (χ4n) is 2.10. The number of thiazole rings is 1. The molecule has 0 spiro atoms. The van der Waals surface area contributed by atoms with E-state index in [4.69, 9.17) is 16.3 Å². The molecule has 0 saturated heterocycles. The second-order valence-corrected chi connectivity index (χ2v) is 7.63. The van der Waals surface area contributed by atoms with Crippen molar-refractivity contribution in [3.63, 3.8) is 0 Å². The zero-order valence-corrected chi connectivity index (χ0v) is 16.4. The van der Waals surface area contributed by atoms with Crippen LogP contribution in [-0.2, 0) is 15.3 Å². The Kier molecular flexibility index (Phi) is 6.86. The summed E-state index contributed by atoms with van der Waals surface area (Å²) in [5, 5.41) is 5.22. The highest BCUT2D eigenvalue weighted by atomic mass is 35.5. The minimum atomic E-state index is -0.544. The van der Waals surface area contributed by atoms with Crippen molar-refractivity contribution < 1.29 is 14.3 Å². The Morgan fingerprint density at radius 2 is 1.85 bits per heavy atom. The van der Waals surface area contributed by atoms with Gasteiger partial charge in [0.15, 0.2) is 6.61 Å². The van der Waals surface area contributed by atoms with Gasteiger partial charge in [-0.25, -0.2) is 9.78 Å². The molecule has 1 amide bonds. The number of ether oxygens (including phenoxy) is 1. The van der Waals surface area contributed by atoms with Crippen LogP contribution in [0.3, 0.4) is 0 Å². The molecule has 8 heteroatoms. The van der Waals surface area contributed by atoms with Crippen LogP contribution in [0, 0.1) is 0 Å². The number of nitrogens with one attached hydrogen (secondary N) is 1. The molecule has 3 rings (SSSR count). The third kappa shape index (κ3) is 6.09. The number of esters is 1. The lowest BCUT2D eigenvalue weighted by Gasteiger charge is -2.07. The Bertz CT molecular complexity index is 898. The van der Waals surface area contributed by atoms with E-state index in [-0.39, 0.29) is 6.61 Å². The van der Waals surface area contributed by atoms with E-state index in [0.29, 0.717) is 16.3 Å². The second-order valence-electron chi connectivity index (χ2n) is 5.42. The van der Waals surface area contributed by atoms with Gasteiger partial charge in [-0.3, -0.25) is 4.79 Å². The van der Waals surface area contributed by atoms with E-state index in [1.54, 1.807) is 65.0 Å². The van der Waals surface area contributed by atoms with E-state index in [0.717, 1.165) is 16.3 Å².